The lowest BCUT2D eigenvalue weighted by Gasteiger charge is -2.40. The first-order valence-electron chi connectivity index (χ1n) is 9.73. The first kappa shape index (κ1) is 19.5. The third-order valence-electron chi connectivity index (χ3n) is 5.35. The van der Waals surface area contributed by atoms with E-state index in [1.807, 2.05) is 32.9 Å². The number of hydrogen-bond donors (Lipinski definition) is 0. The molecule has 29 heavy (non-hydrogen) atoms. The molecule has 1 aromatic carbocycles. The van der Waals surface area contributed by atoms with Crippen LogP contribution in [0.1, 0.15) is 57.6 Å². The van der Waals surface area contributed by atoms with Gasteiger partial charge < -0.3 is 23.8 Å². The summed E-state index contributed by atoms with van der Waals surface area (Å²) in [5, 5.41) is 0. The Balaban J connectivity index is 1.73. The molecule has 0 unspecified atom stereocenters. The number of carbonyl (C=O) groups excluding carboxylic acids is 3. The molecule has 0 aromatic heterocycles. The fraction of sp³-hybridized carbons (Fsp3) is 0.571. The summed E-state index contributed by atoms with van der Waals surface area (Å²) in [4.78, 5) is 38.7. The number of benzene rings is 1. The van der Waals surface area contributed by atoms with Gasteiger partial charge in [0.1, 0.15) is 11.7 Å². The molecule has 0 N–H and O–H groups in total. The highest BCUT2D eigenvalue weighted by atomic mass is 16.7. The van der Waals surface area contributed by atoms with Crippen LogP contribution >= 0.6 is 0 Å². The van der Waals surface area contributed by atoms with Gasteiger partial charge in [-0.1, -0.05) is 0 Å². The van der Waals surface area contributed by atoms with E-state index >= 15 is 0 Å². The Morgan fingerprint density at radius 2 is 1.90 bits per heavy atom. The quantitative estimate of drug-likeness (QED) is 0.715. The molecule has 1 amide bonds. The summed E-state index contributed by atoms with van der Waals surface area (Å²) in [7, 11) is 0. The standard InChI is InChI=1S/C21H25NO7/c1-11(23)28-17-8-18(24)22-9-12-5-15-16(27-10-26-15)6-13(12)14(20(17)22)7-19(25)29-21(2,3)4/h5-6,14,17,20H,7-10H2,1-4H3/t14-,17+,20-/m1/s1. The fourth-order valence-electron chi connectivity index (χ4n) is 4.41. The lowest BCUT2D eigenvalue weighted by molar-refractivity contribution is -0.156. The molecule has 0 saturated carbocycles. The van der Waals surface area contributed by atoms with Gasteiger partial charge in [-0.25, -0.2) is 0 Å². The van der Waals surface area contributed by atoms with Crippen molar-refractivity contribution in [1.82, 2.24) is 4.90 Å². The average Bonchev–Trinajstić information content (AvgIpc) is 3.15. The maximum Gasteiger partial charge on any atom is 0.307 e. The van der Waals surface area contributed by atoms with E-state index in [1.54, 1.807) is 4.90 Å². The van der Waals surface area contributed by atoms with Crippen molar-refractivity contribution in [3.05, 3.63) is 23.3 Å². The summed E-state index contributed by atoms with van der Waals surface area (Å²) >= 11 is 0. The summed E-state index contributed by atoms with van der Waals surface area (Å²) < 4.78 is 22.0. The Kier molecular flexibility index (Phi) is 4.67. The molecule has 1 saturated heterocycles. The third kappa shape index (κ3) is 3.75. The zero-order chi connectivity index (χ0) is 20.9. The third-order valence-corrected chi connectivity index (χ3v) is 5.35. The van der Waals surface area contributed by atoms with Crippen LogP contribution in [-0.4, -0.2) is 47.3 Å². The second-order valence-electron chi connectivity index (χ2n) is 8.67. The lowest BCUT2D eigenvalue weighted by atomic mass is 9.80. The van der Waals surface area contributed by atoms with Gasteiger partial charge in [0.25, 0.3) is 0 Å². The highest BCUT2D eigenvalue weighted by Gasteiger charge is 2.50. The minimum atomic E-state index is -0.621. The first-order valence-corrected chi connectivity index (χ1v) is 9.73. The van der Waals surface area contributed by atoms with Gasteiger partial charge in [-0.15, -0.1) is 0 Å². The second-order valence-corrected chi connectivity index (χ2v) is 8.67. The topological polar surface area (TPSA) is 91.4 Å². The number of hydrogen-bond acceptors (Lipinski definition) is 7. The molecule has 3 aliphatic heterocycles. The molecule has 8 heteroatoms. The van der Waals surface area contributed by atoms with Gasteiger partial charge in [-0.2, -0.15) is 0 Å². The van der Waals surface area contributed by atoms with E-state index in [2.05, 4.69) is 0 Å². The van der Waals surface area contributed by atoms with Crippen molar-refractivity contribution in [2.24, 2.45) is 0 Å². The summed E-state index contributed by atoms with van der Waals surface area (Å²) in [6, 6.07) is 3.31. The van der Waals surface area contributed by atoms with Crippen LogP contribution in [0, 0.1) is 0 Å². The highest BCUT2D eigenvalue weighted by molar-refractivity contribution is 5.82. The first-order chi connectivity index (χ1) is 13.6. The molecule has 3 heterocycles. The lowest BCUT2D eigenvalue weighted by Crippen LogP contribution is -2.46. The van der Waals surface area contributed by atoms with Crippen LogP contribution in [0.25, 0.3) is 0 Å². The Morgan fingerprint density at radius 3 is 2.55 bits per heavy atom. The van der Waals surface area contributed by atoms with Crippen molar-refractivity contribution >= 4 is 17.8 Å². The van der Waals surface area contributed by atoms with Gasteiger partial charge in [0.15, 0.2) is 11.5 Å². The number of esters is 2. The molecule has 0 bridgehead atoms. The van der Waals surface area contributed by atoms with Crippen LogP contribution in [0.2, 0.25) is 0 Å². The molecule has 1 aromatic rings. The zero-order valence-corrected chi connectivity index (χ0v) is 17.0. The zero-order valence-electron chi connectivity index (χ0n) is 17.0. The van der Waals surface area contributed by atoms with Crippen LogP contribution in [-0.2, 0) is 30.4 Å². The molecular weight excluding hydrogens is 378 g/mol. The molecule has 4 rings (SSSR count). The van der Waals surface area contributed by atoms with Crippen LogP contribution < -0.4 is 9.47 Å². The predicted octanol–water partition coefficient (Wildman–Crippen LogP) is 2.28. The number of ether oxygens (including phenoxy) is 4. The summed E-state index contributed by atoms with van der Waals surface area (Å²) in [5.41, 5.74) is 1.17. The monoisotopic (exact) mass is 403 g/mol. The largest absolute Gasteiger partial charge is 0.460 e. The van der Waals surface area contributed by atoms with E-state index < -0.39 is 23.7 Å². The van der Waals surface area contributed by atoms with E-state index in [9.17, 15) is 14.4 Å². The van der Waals surface area contributed by atoms with Crippen LogP contribution in [0.5, 0.6) is 11.5 Å². The predicted molar refractivity (Wildman–Crippen MR) is 100 cm³/mol. The molecule has 8 nitrogen and oxygen atoms in total. The minimum Gasteiger partial charge on any atom is -0.460 e. The molecule has 3 atom stereocenters. The molecular formula is C21H25NO7. The van der Waals surface area contributed by atoms with Crippen molar-refractivity contribution in [2.75, 3.05) is 6.79 Å². The SMILES string of the molecule is CC(=O)O[C@H]1CC(=O)N2Cc3cc4c(cc3[C@@H](CC(=O)OC(C)(C)C)[C@H]12)OCO4. The Hall–Kier alpha value is -2.77. The van der Waals surface area contributed by atoms with E-state index in [0.717, 1.165) is 11.1 Å². The molecule has 1 fully saturated rings. The van der Waals surface area contributed by atoms with Crippen LogP contribution in [0.4, 0.5) is 0 Å². The maximum atomic E-state index is 12.7. The number of fused-ring (bicyclic) bond motifs is 3. The molecule has 156 valence electrons. The molecule has 0 radical (unpaired) electrons. The Labute approximate surface area is 169 Å². The molecule has 3 aliphatic rings. The van der Waals surface area contributed by atoms with Crippen LogP contribution in [0.15, 0.2) is 12.1 Å². The summed E-state index contributed by atoms with van der Waals surface area (Å²) in [5.74, 6) is -0.0511. The average molecular weight is 403 g/mol. The van der Waals surface area contributed by atoms with Crippen molar-refractivity contribution in [2.45, 2.75) is 70.7 Å². The Bertz CT molecular complexity index is 873. The number of carbonyl (C=O) groups is 3. The molecule has 0 spiro atoms. The minimum absolute atomic E-state index is 0.0656. The van der Waals surface area contributed by atoms with Crippen molar-refractivity contribution in [1.29, 1.82) is 0 Å². The smallest absolute Gasteiger partial charge is 0.307 e. The van der Waals surface area contributed by atoms with Gasteiger partial charge in [-0.05, 0) is 44.0 Å². The summed E-state index contributed by atoms with van der Waals surface area (Å²) in [6.07, 6.45) is -0.433. The van der Waals surface area contributed by atoms with Gasteiger partial charge in [-0.3, -0.25) is 14.4 Å². The number of nitrogens with zero attached hydrogens (tertiary/aromatic N) is 1. The van der Waals surface area contributed by atoms with Crippen molar-refractivity contribution in [3.63, 3.8) is 0 Å². The number of rotatable bonds is 3. The highest BCUT2D eigenvalue weighted by Crippen LogP contribution is 2.47. The normalized spacial score (nSPS) is 24.8. The summed E-state index contributed by atoms with van der Waals surface area (Å²) in [6.45, 7) is 7.26. The fourth-order valence-corrected chi connectivity index (χ4v) is 4.41. The number of amides is 1. The van der Waals surface area contributed by atoms with Crippen LogP contribution in [0.3, 0.4) is 0 Å². The van der Waals surface area contributed by atoms with Gasteiger partial charge >= 0.3 is 11.9 Å². The molecule has 0 aliphatic carbocycles. The van der Waals surface area contributed by atoms with Gasteiger partial charge in [0.2, 0.25) is 12.7 Å². The van der Waals surface area contributed by atoms with E-state index in [-0.39, 0.29) is 37.4 Å². The van der Waals surface area contributed by atoms with E-state index in [4.69, 9.17) is 18.9 Å². The van der Waals surface area contributed by atoms with Crippen molar-refractivity contribution in [3.8, 4) is 11.5 Å². The Morgan fingerprint density at radius 1 is 1.21 bits per heavy atom. The van der Waals surface area contributed by atoms with E-state index in [0.29, 0.717) is 18.0 Å². The van der Waals surface area contributed by atoms with Crippen molar-refractivity contribution < 1.29 is 33.3 Å². The second kappa shape index (κ2) is 6.93. The van der Waals surface area contributed by atoms with E-state index in [1.165, 1.54) is 6.92 Å². The maximum absolute atomic E-state index is 12.7. The van der Waals surface area contributed by atoms with Gasteiger partial charge in [0, 0.05) is 19.4 Å². The van der Waals surface area contributed by atoms with Gasteiger partial charge in [0.05, 0.1) is 18.9 Å².